The van der Waals surface area contributed by atoms with Crippen LogP contribution in [-0.2, 0) is 4.74 Å². The molecule has 144 valence electrons. The minimum Gasteiger partial charge on any atom is -0.465 e. The van der Waals surface area contributed by atoms with E-state index < -0.39 is 0 Å². The van der Waals surface area contributed by atoms with Gasteiger partial charge in [-0.05, 0) is 30.7 Å². The first-order valence-electron chi connectivity index (χ1n) is 9.33. The molecule has 6 heteroatoms. The highest BCUT2D eigenvalue weighted by molar-refractivity contribution is 5.89. The quantitative estimate of drug-likeness (QED) is 0.431. The molecule has 0 radical (unpaired) electrons. The monoisotopic (exact) mass is 376 g/mol. The van der Waals surface area contributed by atoms with Crippen LogP contribution in [0.1, 0.15) is 30.1 Å². The van der Waals surface area contributed by atoms with Crippen molar-refractivity contribution in [2.24, 2.45) is 0 Å². The van der Waals surface area contributed by atoms with E-state index in [4.69, 9.17) is 4.74 Å². The van der Waals surface area contributed by atoms with Crippen molar-refractivity contribution in [3.63, 3.8) is 0 Å². The fourth-order valence-corrected chi connectivity index (χ4v) is 2.68. The maximum absolute atomic E-state index is 11.6. The van der Waals surface area contributed by atoms with Crippen molar-refractivity contribution >= 4 is 23.4 Å². The van der Waals surface area contributed by atoms with Crippen molar-refractivity contribution in [1.82, 2.24) is 9.97 Å². The number of carbonyl (C=O) groups is 1. The van der Waals surface area contributed by atoms with E-state index in [2.05, 4.69) is 27.5 Å². The Labute approximate surface area is 165 Å². The third-order valence-electron chi connectivity index (χ3n) is 4.19. The second-order valence-electron chi connectivity index (χ2n) is 6.30. The Bertz CT molecular complexity index is 912. The first kappa shape index (κ1) is 19.4. The molecule has 0 aliphatic rings. The van der Waals surface area contributed by atoms with Crippen LogP contribution < -0.4 is 10.6 Å². The zero-order chi connectivity index (χ0) is 19.8. The van der Waals surface area contributed by atoms with Gasteiger partial charge in [0, 0.05) is 23.9 Å². The number of unbranched alkanes of at least 4 members (excludes halogenated alkanes) is 1. The molecule has 2 aromatic carbocycles. The van der Waals surface area contributed by atoms with Crippen LogP contribution in [0, 0.1) is 0 Å². The number of carbonyl (C=O) groups excluding carboxylic acids is 1. The lowest BCUT2D eigenvalue weighted by Gasteiger charge is -2.11. The highest BCUT2D eigenvalue weighted by atomic mass is 16.5. The maximum atomic E-state index is 11.6. The number of hydrogen-bond donors (Lipinski definition) is 2. The summed E-state index contributed by atoms with van der Waals surface area (Å²) in [7, 11) is 1.37. The molecule has 6 nitrogen and oxygen atoms in total. The van der Waals surface area contributed by atoms with Gasteiger partial charge in [-0.15, -0.1) is 0 Å². The van der Waals surface area contributed by atoms with Crippen molar-refractivity contribution in [3.05, 3.63) is 66.2 Å². The lowest BCUT2D eigenvalue weighted by Crippen LogP contribution is -2.07. The predicted octanol–water partition coefficient (Wildman–Crippen LogP) is 4.89. The van der Waals surface area contributed by atoms with Gasteiger partial charge in [-0.3, -0.25) is 0 Å². The van der Waals surface area contributed by atoms with Gasteiger partial charge in [0.1, 0.15) is 5.82 Å². The van der Waals surface area contributed by atoms with Gasteiger partial charge in [-0.2, -0.15) is 4.98 Å². The summed E-state index contributed by atoms with van der Waals surface area (Å²) >= 11 is 0. The minimum atomic E-state index is -0.365. The third kappa shape index (κ3) is 5.07. The molecule has 0 spiro atoms. The molecule has 0 amide bonds. The van der Waals surface area contributed by atoms with Crippen LogP contribution in [0.15, 0.2) is 60.7 Å². The number of methoxy groups -OCH3 is 1. The van der Waals surface area contributed by atoms with Crippen molar-refractivity contribution in [1.29, 1.82) is 0 Å². The molecule has 0 aliphatic carbocycles. The van der Waals surface area contributed by atoms with Gasteiger partial charge < -0.3 is 15.4 Å². The van der Waals surface area contributed by atoms with E-state index in [1.165, 1.54) is 7.11 Å². The zero-order valence-corrected chi connectivity index (χ0v) is 16.1. The summed E-state index contributed by atoms with van der Waals surface area (Å²) in [6.45, 7) is 3.01. The molecule has 0 aliphatic heterocycles. The Morgan fingerprint density at radius 1 is 1.04 bits per heavy atom. The number of anilines is 3. The van der Waals surface area contributed by atoms with Gasteiger partial charge in [0.15, 0.2) is 0 Å². The van der Waals surface area contributed by atoms with E-state index in [9.17, 15) is 4.79 Å². The molecule has 0 saturated carbocycles. The van der Waals surface area contributed by atoms with Gasteiger partial charge in [0.25, 0.3) is 0 Å². The van der Waals surface area contributed by atoms with E-state index in [1.807, 2.05) is 36.4 Å². The second kappa shape index (κ2) is 9.50. The molecular weight excluding hydrogens is 352 g/mol. The Morgan fingerprint density at radius 2 is 1.79 bits per heavy atom. The molecule has 0 fully saturated rings. The fraction of sp³-hybridized carbons (Fsp3) is 0.227. The summed E-state index contributed by atoms with van der Waals surface area (Å²) < 4.78 is 4.73. The minimum absolute atomic E-state index is 0.365. The SMILES string of the molecule is CCCCNc1cc(-c2ccccc2)nc(Nc2ccc(C(=O)OC)cc2)n1. The molecular formula is C22H24N4O2. The molecule has 3 aromatic rings. The second-order valence-corrected chi connectivity index (χ2v) is 6.30. The number of nitrogens with zero attached hydrogens (tertiary/aromatic N) is 2. The average Bonchev–Trinajstić information content (AvgIpc) is 2.74. The molecule has 0 unspecified atom stereocenters. The normalized spacial score (nSPS) is 10.4. The van der Waals surface area contributed by atoms with Crippen molar-refractivity contribution in [2.75, 3.05) is 24.3 Å². The Hall–Kier alpha value is -3.41. The third-order valence-corrected chi connectivity index (χ3v) is 4.19. The Kier molecular flexibility index (Phi) is 6.57. The average molecular weight is 376 g/mol. The number of hydrogen-bond acceptors (Lipinski definition) is 6. The van der Waals surface area contributed by atoms with Crippen LogP contribution >= 0.6 is 0 Å². The molecule has 1 aromatic heterocycles. The standard InChI is InChI=1S/C22H24N4O2/c1-3-4-14-23-20-15-19(16-8-6-5-7-9-16)25-22(26-20)24-18-12-10-17(11-13-18)21(27)28-2/h5-13,15H,3-4,14H2,1-2H3,(H2,23,24,25,26). The number of aromatic nitrogens is 2. The van der Waals surface area contributed by atoms with Crippen molar-refractivity contribution in [2.45, 2.75) is 19.8 Å². The van der Waals surface area contributed by atoms with Crippen LogP contribution in [0.4, 0.5) is 17.5 Å². The molecule has 1 heterocycles. The van der Waals surface area contributed by atoms with Gasteiger partial charge in [-0.25, -0.2) is 9.78 Å². The van der Waals surface area contributed by atoms with E-state index >= 15 is 0 Å². The predicted molar refractivity (Wildman–Crippen MR) is 112 cm³/mol. The van der Waals surface area contributed by atoms with Crippen molar-refractivity contribution < 1.29 is 9.53 Å². The Morgan fingerprint density at radius 3 is 2.46 bits per heavy atom. The molecule has 0 bridgehead atoms. The van der Waals surface area contributed by atoms with E-state index in [0.717, 1.165) is 42.1 Å². The first-order valence-corrected chi connectivity index (χ1v) is 9.33. The fourth-order valence-electron chi connectivity index (χ4n) is 2.68. The highest BCUT2D eigenvalue weighted by Crippen LogP contribution is 2.23. The maximum Gasteiger partial charge on any atom is 0.337 e. The molecule has 0 atom stereocenters. The lowest BCUT2D eigenvalue weighted by molar-refractivity contribution is 0.0601. The number of rotatable bonds is 8. The topological polar surface area (TPSA) is 76.1 Å². The summed E-state index contributed by atoms with van der Waals surface area (Å²) in [4.78, 5) is 20.8. The molecule has 3 rings (SSSR count). The molecule has 2 N–H and O–H groups in total. The van der Waals surface area contributed by atoms with Gasteiger partial charge in [0.05, 0.1) is 18.4 Å². The number of ether oxygens (including phenoxy) is 1. The van der Waals surface area contributed by atoms with Crippen molar-refractivity contribution in [3.8, 4) is 11.3 Å². The number of esters is 1. The summed E-state index contributed by atoms with van der Waals surface area (Å²) in [5.41, 5.74) is 3.14. The highest BCUT2D eigenvalue weighted by Gasteiger charge is 2.09. The van der Waals surface area contributed by atoms with Crippen LogP contribution in [-0.4, -0.2) is 29.6 Å². The van der Waals surface area contributed by atoms with Gasteiger partial charge in [-0.1, -0.05) is 43.7 Å². The summed E-state index contributed by atoms with van der Waals surface area (Å²) in [6, 6.07) is 19.0. The smallest absolute Gasteiger partial charge is 0.337 e. The number of benzene rings is 2. The summed E-state index contributed by atoms with van der Waals surface area (Å²) in [5, 5.41) is 6.58. The van der Waals surface area contributed by atoms with E-state index in [1.54, 1.807) is 24.3 Å². The van der Waals surface area contributed by atoms with Crippen LogP contribution in [0.2, 0.25) is 0 Å². The summed E-state index contributed by atoms with van der Waals surface area (Å²) in [5.74, 6) is 0.901. The van der Waals surface area contributed by atoms with E-state index in [-0.39, 0.29) is 5.97 Å². The van der Waals surface area contributed by atoms with Crippen LogP contribution in [0.3, 0.4) is 0 Å². The van der Waals surface area contributed by atoms with E-state index in [0.29, 0.717) is 11.5 Å². The first-order chi connectivity index (χ1) is 13.7. The number of nitrogens with one attached hydrogen (secondary N) is 2. The molecule has 0 saturated heterocycles. The zero-order valence-electron chi connectivity index (χ0n) is 16.1. The lowest BCUT2D eigenvalue weighted by atomic mass is 10.1. The molecule has 28 heavy (non-hydrogen) atoms. The Balaban J connectivity index is 1.86. The largest absolute Gasteiger partial charge is 0.465 e. The van der Waals surface area contributed by atoms with Gasteiger partial charge >= 0.3 is 5.97 Å². The van der Waals surface area contributed by atoms with Crippen LogP contribution in [0.5, 0.6) is 0 Å². The van der Waals surface area contributed by atoms with Crippen LogP contribution in [0.25, 0.3) is 11.3 Å². The van der Waals surface area contributed by atoms with Gasteiger partial charge in [0.2, 0.25) is 5.95 Å². The summed E-state index contributed by atoms with van der Waals surface area (Å²) in [6.07, 6.45) is 2.18.